The summed E-state index contributed by atoms with van der Waals surface area (Å²) in [5.41, 5.74) is -0.102. The van der Waals surface area contributed by atoms with Crippen molar-refractivity contribution in [2.45, 2.75) is 6.04 Å². The lowest BCUT2D eigenvalue weighted by atomic mass is 9.97. The molecule has 0 aromatic heterocycles. The highest BCUT2D eigenvalue weighted by Gasteiger charge is 2.23. The van der Waals surface area contributed by atoms with Crippen molar-refractivity contribution in [3.8, 4) is 0 Å². The van der Waals surface area contributed by atoms with Gasteiger partial charge in [-0.2, -0.15) is 0 Å². The van der Waals surface area contributed by atoms with Crippen molar-refractivity contribution in [1.82, 2.24) is 5.32 Å². The summed E-state index contributed by atoms with van der Waals surface area (Å²) in [4.78, 5) is 0. The van der Waals surface area contributed by atoms with Crippen molar-refractivity contribution >= 4 is 11.6 Å². The molecule has 0 saturated carbocycles. The summed E-state index contributed by atoms with van der Waals surface area (Å²) in [6.45, 7) is 0. The van der Waals surface area contributed by atoms with E-state index in [1.807, 2.05) is 0 Å². The van der Waals surface area contributed by atoms with Crippen LogP contribution in [0, 0.1) is 23.3 Å². The molecule has 2 aromatic rings. The molecule has 0 saturated heterocycles. The van der Waals surface area contributed by atoms with Crippen molar-refractivity contribution in [2.24, 2.45) is 0 Å². The van der Waals surface area contributed by atoms with E-state index in [4.69, 9.17) is 11.6 Å². The lowest BCUT2D eigenvalue weighted by Crippen LogP contribution is -2.21. The first-order chi connectivity index (χ1) is 9.45. The van der Waals surface area contributed by atoms with E-state index >= 15 is 0 Å². The van der Waals surface area contributed by atoms with Crippen molar-refractivity contribution in [2.75, 3.05) is 7.05 Å². The van der Waals surface area contributed by atoms with Crippen LogP contribution in [0.25, 0.3) is 0 Å². The molecule has 1 nitrogen and oxygen atoms in total. The fourth-order valence-electron chi connectivity index (χ4n) is 1.98. The second-order valence-electron chi connectivity index (χ2n) is 4.15. The summed E-state index contributed by atoms with van der Waals surface area (Å²) in [7, 11) is 1.46. The molecule has 2 rings (SSSR count). The van der Waals surface area contributed by atoms with Crippen LogP contribution in [0.1, 0.15) is 17.2 Å². The van der Waals surface area contributed by atoms with Crippen LogP contribution in [0.15, 0.2) is 30.3 Å². The second kappa shape index (κ2) is 5.81. The smallest absolute Gasteiger partial charge is 0.194 e. The molecule has 0 aliphatic heterocycles. The van der Waals surface area contributed by atoms with Gasteiger partial charge in [-0.3, -0.25) is 0 Å². The number of rotatable bonds is 3. The van der Waals surface area contributed by atoms with Crippen LogP contribution in [-0.2, 0) is 0 Å². The number of hydrogen-bond acceptors (Lipinski definition) is 1. The van der Waals surface area contributed by atoms with E-state index in [0.717, 1.165) is 18.2 Å². The molecule has 20 heavy (non-hydrogen) atoms. The fraction of sp³-hybridized carbons (Fsp3) is 0.143. The van der Waals surface area contributed by atoms with Crippen molar-refractivity contribution in [1.29, 1.82) is 0 Å². The fourth-order valence-corrected chi connectivity index (χ4v) is 2.14. The number of hydrogen-bond donors (Lipinski definition) is 1. The summed E-state index contributed by atoms with van der Waals surface area (Å²) in [5, 5.41) is 2.86. The molecule has 0 amide bonds. The van der Waals surface area contributed by atoms with Crippen LogP contribution >= 0.6 is 11.6 Å². The largest absolute Gasteiger partial charge is 0.309 e. The van der Waals surface area contributed by atoms with Gasteiger partial charge >= 0.3 is 0 Å². The maximum atomic E-state index is 13.9. The van der Waals surface area contributed by atoms with Gasteiger partial charge in [0, 0.05) is 16.1 Å². The van der Waals surface area contributed by atoms with Gasteiger partial charge in [-0.1, -0.05) is 23.7 Å². The first kappa shape index (κ1) is 14.8. The van der Waals surface area contributed by atoms with Gasteiger partial charge in [-0.05, 0) is 25.2 Å². The highest BCUT2D eigenvalue weighted by atomic mass is 35.5. The van der Waals surface area contributed by atoms with Crippen LogP contribution in [0.3, 0.4) is 0 Å². The summed E-state index contributed by atoms with van der Waals surface area (Å²) in [6, 6.07) is 4.78. The standard InChI is InChI=1S/C14H10ClF4N/c1-20-14(8-3-2-7(15)6-11(8)17)9-4-5-10(16)13(19)12(9)18/h2-6,14,20H,1H3. The molecule has 0 fully saturated rings. The third-order valence-corrected chi connectivity index (χ3v) is 3.17. The van der Waals surface area contributed by atoms with Gasteiger partial charge in [0.15, 0.2) is 17.5 Å². The van der Waals surface area contributed by atoms with Crippen LogP contribution in [-0.4, -0.2) is 7.05 Å². The molecule has 1 unspecified atom stereocenters. The van der Waals surface area contributed by atoms with Crippen LogP contribution in [0.5, 0.6) is 0 Å². The van der Waals surface area contributed by atoms with E-state index in [0.29, 0.717) is 0 Å². The Bertz CT molecular complexity index is 645. The zero-order valence-corrected chi connectivity index (χ0v) is 11.1. The van der Waals surface area contributed by atoms with E-state index in [2.05, 4.69) is 5.32 Å². The normalized spacial score (nSPS) is 12.5. The molecule has 6 heteroatoms. The number of nitrogens with one attached hydrogen (secondary N) is 1. The topological polar surface area (TPSA) is 12.0 Å². The Morgan fingerprint density at radius 3 is 2.15 bits per heavy atom. The molecular weight excluding hydrogens is 294 g/mol. The molecule has 0 aliphatic carbocycles. The third-order valence-electron chi connectivity index (χ3n) is 2.94. The van der Waals surface area contributed by atoms with Gasteiger partial charge in [0.05, 0.1) is 6.04 Å². The van der Waals surface area contributed by atoms with Gasteiger partial charge in [-0.25, -0.2) is 17.6 Å². The molecule has 0 aliphatic rings. The van der Waals surface area contributed by atoms with Crippen molar-refractivity contribution in [3.05, 3.63) is 69.8 Å². The quantitative estimate of drug-likeness (QED) is 0.662. The SMILES string of the molecule is CNC(c1ccc(Cl)cc1F)c1ccc(F)c(F)c1F. The van der Waals surface area contributed by atoms with E-state index in [-0.39, 0.29) is 16.1 Å². The van der Waals surface area contributed by atoms with Gasteiger partial charge in [0.25, 0.3) is 0 Å². The Labute approximate surface area is 118 Å². The van der Waals surface area contributed by atoms with Gasteiger partial charge in [-0.15, -0.1) is 0 Å². The Kier molecular flexibility index (Phi) is 4.30. The Balaban J connectivity index is 2.55. The lowest BCUT2D eigenvalue weighted by molar-refractivity contribution is 0.433. The highest BCUT2D eigenvalue weighted by Crippen LogP contribution is 2.29. The first-order valence-corrected chi connectivity index (χ1v) is 6.09. The zero-order valence-electron chi connectivity index (χ0n) is 10.4. The summed E-state index contributed by atoms with van der Waals surface area (Å²) in [5.74, 6) is -4.89. The molecule has 1 N–H and O–H groups in total. The Morgan fingerprint density at radius 1 is 0.900 bits per heavy atom. The predicted molar refractivity (Wildman–Crippen MR) is 68.6 cm³/mol. The molecule has 1 atom stereocenters. The monoisotopic (exact) mass is 303 g/mol. The zero-order chi connectivity index (χ0) is 14.9. The molecular formula is C14H10ClF4N. The van der Waals surface area contributed by atoms with Crippen LogP contribution in [0.4, 0.5) is 17.6 Å². The van der Waals surface area contributed by atoms with Gasteiger partial charge in [0.1, 0.15) is 5.82 Å². The molecule has 0 radical (unpaired) electrons. The Morgan fingerprint density at radius 2 is 1.55 bits per heavy atom. The average Bonchev–Trinajstić information content (AvgIpc) is 2.41. The van der Waals surface area contributed by atoms with E-state index < -0.39 is 29.3 Å². The summed E-state index contributed by atoms with van der Waals surface area (Å²) < 4.78 is 53.9. The predicted octanol–water partition coefficient (Wildman–Crippen LogP) is 4.21. The van der Waals surface area contributed by atoms with Crippen LogP contribution < -0.4 is 5.32 Å². The minimum Gasteiger partial charge on any atom is -0.309 e. The number of halogens is 5. The highest BCUT2D eigenvalue weighted by molar-refractivity contribution is 6.30. The second-order valence-corrected chi connectivity index (χ2v) is 4.59. The lowest BCUT2D eigenvalue weighted by Gasteiger charge is -2.19. The first-order valence-electron chi connectivity index (χ1n) is 5.71. The van der Waals surface area contributed by atoms with Crippen molar-refractivity contribution in [3.63, 3.8) is 0 Å². The maximum Gasteiger partial charge on any atom is 0.194 e. The van der Waals surface area contributed by atoms with Crippen molar-refractivity contribution < 1.29 is 17.6 Å². The minimum atomic E-state index is -1.59. The van der Waals surface area contributed by atoms with E-state index in [1.165, 1.54) is 19.2 Å². The molecule has 0 spiro atoms. The molecule has 0 heterocycles. The van der Waals surface area contributed by atoms with E-state index in [1.54, 1.807) is 0 Å². The molecule has 0 bridgehead atoms. The molecule has 2 aromatic carbocycles. The summed E-state index contributed by atoms with van der Waals surface area (Å²) in [6.07, 6.45) is 0. The Hall–Kier alpha value is -1.59. The van der Waals surface area contributed by atoms with Gasteiger partial charge in [0.2, 0.25) is 0 Å². The maximum absolute atomic E-state index is 13.9. The van der Waals surface area contributed by atoms with Gasteiger partial charge < -0.3 is 5.32 Å². The van der Waals surface area contributed by atoms with E-state index in [9.17, 15) is 17.6 Å². The third kappa shape index (κ3) is 2.64. The summed E-state index contributed by atoms with van der Waals surface area (Å²) >= 11 is 5.64. The average molecular weight is 304 g/mol. The molecule has 106 valence electrons. The van der Waals surface area contributed by atoms with Crippen LogP contribution in [0.2, 0.25) is 5.02 Å². The number of benzene rings is 2. The minimum absolute atomic E-state index is 0.0850.